The highest BCUT2D eigenvalue weighted by Gasteiger charge is 2.31. The van der Waals surface area contributed by atoms with Gasteiger partial charge in [0.15, 0.2) is 0 Å². The van der Waals surface area contributed by atoms with Gasteiger partial charge in [-0.25, -0.2) is 8.42 Å². The number of amides is 2. The standard InChI is InChI=1S/C24H31Cl2N3O4S/c1-5-17(2)27-24(31)18(3)28(15-14-19-10-7-6-8-11-19)22(30)16-29(34(4,32)33)21-13-9-12-20(25)23(21)26/h6-13,17-18H,5,14-16H2,1-4H3,(H,27,31)/t17-,18-/m0/s1. The Morgan fingerprint density at radius 1 is 1.03 bits per heavy atom. The molecule has 2 aromatic rings. The Morgan fingerprint density at radius 3 is 2.26 bits per heavy atom. The summed E-state index contributed by atoms with van der Waals surface area (Å²) in [5, 5.41) is 3.09. The number of anilines is 1. The van der Waals surface area contributed by atoms with E-state index in [1.165, 1.54) is 17.0 Å². The first-order valence-electron chi connectivity index (χ1n) is 11.0. The number of hydrogen-bond acceptors (Lipinski definition) is 4. The van der Waals surface area contributed by atoms with Crippen molar-refractivity contribution in [3.63, 3.8) is 0 Å². The average Bonchev–Trinajstić information content (AvgIpc) is 2.79. The van der Waals surface area contributed by atoms with E-state index in [4.69, 9.17) is 23.2 Å². The van der Waals surface area contributed by atoms with Crippen molar-refractivity contribution < 1.29 is 18.0 Å². The quantitative estimate of drug-likeness (QED) is 0.475. The van der Waals surface area contributed by atoms with E-state index in [0.717, 1.165) is 22.5 Å². The molecule has 0 aromatic heterocycles. The van der Waals surface area contributed by atoms with Crippen molar-refractivity contribution in [1.29, 1.82) is 0 Å². The van der Waals surface area contributed by atoms with Gasteiger partial charge in [-0.3, -0.25) is 13.9 Å². The minimum absolute atomic E-state index is 0.0285. The summed E-state index contributed by atoms with van der Waals surface area (Å²) in [4.78, 5) is 27.7. The van der Waals surface area contributed by atoms with Crippen LogP contribution in [0.4, 0.5) is 5.69 Å². The van der Waals surface area contributed by atoms with Crippen molar-refractivity contribution in [3.05, 3.63) is 64.1 Å². The van der Waals surface area contributed by atoms with Crippen molar-refractivity contribution in [1.82, 2.24) is 10.2 Å². The molecule has 2 rings (SSSR count). The van der Waals surface area contributed by atoms with Crippen LogP contribution in [-0.4, -0.2) is 56.6 Å². The van der Waals surface area contributed by atoms with Crippen LogP contribution >= 0.6 is 23.2 Å². The van der Waals surface area contributed by atoms with Gasteiger partial charge in [0.1, 0.15) is 12.6 Å². The third kappa shape index (κ3) is 7.61. The number of nitrogens with one attached hydrogen (secondary N) is 1. The lowest BCUT2D eigenvalue weighted by atomic mass is 10.1. The van der Waals surface area contributed by atoms with Gasteiger partial charge in [0.05, 0.1) is 22.0 Å². The van der Waals surface area contributed by atoms with E-state index in [1.54, 1.807) is 13.0 Å². The molecule has 0 bridgehead atoms. The Labute approximate surface area is 212 Å². The van der Waals surface area contributed by atoms with Gasteiger partial charge in [0, 0.05) is 12.6 Å². The second kappa shape index (κ2) is 12.4. The van der Waals surface area contributed by atoms with Crippen molar-refractivity contribution in [2.75, 3.05) is 23.7 Å². The van der Waals surface area contributed by atoms with Crippen LogP contribution in [0.2, 0.25) is 10.0 Å². The first-order chi connectivity index (χ1) is 16.0. The molecule has 34 heavy (non-hydrogen) atoms. The predicted molar refractivity (Wildman–Crippen MR) is 138 cm³/mol. The number of carbonyl (C=O) groups is 2. The molecule has 2 aromatic carbocycles. The van der Waals surface area contributed by atoms with Crippen molar-refractivity contribution in [2.45, 2.75) is 45.7 Å². The van der Waals surface area contributed by atoms with E-state index >= 15 is 0 Å². The lowest BCUT2D eigenvalue weighted by Crippen LogP contribution is -2.53. The Balaban J connectivity index is 2.35. The summed E-state index contributed by atoms with van der Waals surface area (Å²) in [7, 11) is -3.88. The van der Waals surface area contributed by atoms with E-state index in [2.05, 4.69) is 5.32 Å². The molecule has 1 N–H and O–H groups in total. The van der Waals surface area contributed by atoms with Gasteiger partial charge < -0.3 is 10.2 Å². The molecule has 0 aliphatic rings. The second-order valence-electron chi connectivity index (χ2n) is 8.16. The second-order valence-corrected chi connectivity index (χ2v) is 10.9. The van der Waals surface area contributed by atoms with Crippen LogP contribution in [0, 0.1) is 0 Å². The summed E-state index contributed by atoms with van der Waals surface area (Å²) < 4.78 is 26.1. The monoisotopic (exact) mass is 527 g/mol. The molecule has 0 aliphatic carbocycles. The van der Waals surface area contributed by atoms with Gasteiger partial charge in [-0.1, -0.05) is 66.5 Å². The van der Waals surface area contributed by atoms with Crippen molar-refractivity contribution in [2.24, 2.45) is 0 Å². The Morgan fingerprint density at radius 2 is 1.68 bits per heavy atom. The molecule has 2 atom stereocenters. The van der Waals surface area contributed by atoms with Crippen LogP contribution in [0.15, 0.2) is 48.5 Å². The predicted octanol–water partition coefficient (Wildman–Crippen LogP) is 4.13. The first kappa shape index (κ1) is 28.0. The number of sulfonamides is 1. The van der Waals surface area contributed by atoms with Crippen LogP contribution in [0.5, 0.6) is 0 Å². The van der Waals surface area contributed by atoms with Gasteiger partial charge in [-0.05, 0) is 44.4 Å². The van der Waals surface area contributed by atoms with E-state index in [-0.39, 0.29) is 34.2 Å². The fraction of sp³-hybridized carbons (Fsp3) is 0.417. The molecule has 0 fully saturated rings. The Hall–Kier alpha value is -2.29. The normalized spacial score (nSPS) is 13.1. The number of carbonyl (C=O) groups excluding carboxylic acids is 2. The fourth-order valence-corrected chi connectivity index (χ4v) is 4.62. The summed E-state index contributed by atoms with van der Waals surface area (Å²) >= 11 is 12.3. The van der Waals surface area contributed by atoms with Gasteiger partial charge in [-0.2, -0.15) is 0 Å². The highest BCUT2D eigenvalue weighted by Crippen LogP contribution is 2.33. The average molecular weight is 529 g/mol. The summed E-state index contributed by atoms with van der Waals surface area (Å²) in [5.74, 6) is -0.827. The number of halogens is 2. The van der Waals surface area contributed by atoms with Crippen LogP contribution < -0.4 is 9.62 Å². The van der Waals surface area contributed by atoms with Crippen LogP contribution in [0.25, 0.3) is 0 Å². The topological polar surface area (TPSA) is 86.8 Å². The van der Waals surface area contributed by atoms with E-state index < -0.39 is 28.5 Å². The SMILES string of the molecule is CC[C@H](C)NC(=O)[C@H](C)N(CCc1ccccc1)C(=O)CN(c1cccc(Cl)c1Cl)S(C)(=O)=O. The lowest BCUT2D eigenvalue weighted by Gasteiger charge is -2.32. The molecule has 0 aliphatic heterocycles. The van der Waals surface area contributed by atoms with Crippen LogP contribution in [0.1, 0.15) is 32.8 Å². The maximum atomic E-state index is 13.5. The zero-order valence-electron chi connectivity index (χ0n) is 19.8. The maximum absolute atomic E-state index is 13.5. The molecule has 0 spiro atoms. The smallest absolute Gasteiger partial charge is 0.244 e. The number of rotatable bonds is 11. The molecule has 186 valence electrons. The van der Waals surface area contributed by atoms with E-state index in [9.17, 15) is 18.0 Å². The summed E-state index contributed by atoms with van der Waals surface area (Å²) in [6.45, 7) is 5.19. The minimum Gasteiger partial charge on any atom is -0.352 e. The number of hydrogen-bond donors (Lipinski definition) is 1. The first-order valence-corrected chi connectivity index (χ1v) is 13.6. The zero-order chi connectivity index (χ0) is 25.5. The minimum atomic E-state index is -3.88. The van der Waals surface area contributed by atoms with E-state index in [1.807, 2.05) is 44.2 Å². The lowest BCUT2D eigenvalue weighted by molar-refractivity contribution is -0.139. The van der Waals surface area contributed by atoms with Crippen LogP contribution in [0.3, 0.4) is 0 Å². The highest BCUT2D eigenvalue weighted by atomic mass is 35.5. The summed E-state index contributed by atoms with van der Waals surface area (Å²) in [6, 6.07) is 13.3. The molecule has 0 heterocycles. The molecular weight excluding hydrogens is 497 g/mol. The zero-order valence-corrected chi connectivity index (χ0v) is 22.1. The highest BCUT2D eigenvalue weighted by molar-refractivity contribution is 7.92. The summed E-state index contributed by atoms with van der Waals surface area (Å²) in [5.41, 5.74) is 1.09. The largest absolute Gasteiger partial charge is 0.352 e. The number of benzene rings is 2. The van der Waals surface area contributed by atoms with Gasteiger partial charge >= 0.3 is 0 Å². The number of nitrogens with zero attached hydrogens (tertiary/aromatic N) is 2. The maximum Gasteiger partial charge on any atom is 0.244 e. The van der Waals surface area contributed by atoms with Crippen molar-refractivity contribution in [3.8, 4) is 0 Å². The Kier molecular flexibility index (Phi) is 10.2. The molecular formula is C24H31Cl2N3O4S. The molecule has 0 saturated heterocycles. The molecule has 0 saturated carbocycles. The van der Waals surface area contributed by atoms with Crippen molar-refractivity contribution >= 4 is 50.7 Å². The third-order valence-electron chi connectivity index (χ3n) is 5.53. The molecule has 10 heteroatoms. The third-order valence-corrected chi connectivity index (χ3v) is 7.47. The molecule has 2 amide bonds. The van der Waals surface area contributed by atoms with Crippen LogP contribution in [-0.2, 0) is 26.0 Å². The molecule has 0 unspecified atom stereocenters. The van der Waals surface area contributed by atoms with Gasteiger partial charge in [0.2, 0.25) is 21.8 Å². The van der Waals surface area contributed by atoms with E-state index in [0.29, 0.717) is 6.42 Å². The fourth-order valence-electron chi connectivity index (χ4n) is 3.32. The van der Waals surface area contributed by atoms with Gasteiger partial charge in [0.25, 0.3) is 0 Å². The molecule has 0 radical (unpaired) electrons. The molecule has 7 nitrogen and oxygen atoms in total. The Bertz CT molecular complexity index is 1100. The van der Waals surface area contributed by atoms with Gasteiger partial charge in [-0.15, -0.1) is 0 Å². The summed E-state index contributed by atoms with van der Waals surface area (Å²) in [6.07, 6.45) is 2.24.